The third-order valence-corrected chi connectivity index (χ3v) is 5.13. The average Bonchev–Trinajstić information content (AvgIpc) is 2.44. The predicted octanol–water partition coefficient (Wildman–Crippen LogP) is 5.90. The molecule has 0 saturated heterocycles. The van der Waals surface area contributed by atoms with Crippen molar-refractivity contribution in [1.29, 1.82) is 0 Å². The fourth-order valence-corrected chi connectivity index (χ4v) is 2.54. The number of benzene rings is 1. The van der Waals surface area contributed by atoms with Crippen LogP contribution in [0.15, 0.2) is 18.2 Å². The summed E-state index contributed by atoms with van der Waals surface area (Å²) < 4.78 is 0. The lowest BCUT2D eigenvalue weighted by Gasteiger charge is -2.30. The maximum absolute atomic E-state index is 5.56. The van der Waals surface area contributed by atoms with Gasteiger partial charge in [0.05, 0.1) is 0 Å². The van der Waals surface area contributed by atoms with Crippen LogP contribution < -0.4 is 10.6 Å². The van der Waals surface area contributed by atoms with Gasteiger partial charge in [-0.05, 0) is 46.5 Å². The summed E-state index contributed by atoms with van der Waals surface area (Å²) in [6, 6.07) is 6.54. The Hall–Kier alpha value is -1.09. The number of nitrogens with one attached hydrogen (secondary N) is 2. The van der Waals surface area contributed by atoms with Crippen molar-refractivity contribution in [3.05, 3.63) is 29.3 Å². The van der Waals surface area contributed by atoms with Crippen LogP contribution in [0.5, 0.6) is 0 Å². The van der Waals surface area contributed by atoms with E-state index in [2.05, 4.69) is 84.2 Å². The van der Waals surface area contributed by atoms with Crippen molar-refractivity contribution in [2.24, 2.45) is 11.3 Å². The van der Waals surface area contributed by atoms with Gasteiger partial charge in [-0.2, -0.15) is 0 Å². The van der Waals surface area contributed by atoms with Crippen LogP contribution in [0.1, 0.15) is 78.4 Å². The first-order valence-electron chi connectivity index (χ1n) is 8.74. The topological polar surface area (TPSA) is 24.1 Å². The van der Waals surface area contributed by atoms with Gasteiger partial charge in [-0.3, -0.25) is 0 Å². The summed E-state index contributed by atoms with van der Waals surface area (Å²) >= 11 is 5.56. The van der Waals surface area contributed by atoms with Crippen LogP contribution in [0, 0.1) is 11.3 Å². The zero-order valence-electron chi connectivity index (χ0n) is 16.1. The number of thiocarbonyl (C=S) groups is 1. The summed E-state index contributed by atoms with van der Waals surface area (Å²) in [5.74, 6) is 1.53. The Morgan fingerprint density at radius 1 is 1.00 bits per heavy atom. The lowest BCUT2D eigenvalue weighted by molar-refractivity contribution is 0.251. The molecule has 130 valence electrons. The molecule has 1 rings (SSSR count). The summed E-state index contributed by atoms with van der Waals surface area (Å²) in [7, 11) is 0. The second-order valence-electron chi connectivity index (χ2n) is 8.07. The standard InChI is InChI=1S/C20H34N2S/c1-13(2)16-10-9-11-17(14(3)4)18(16)22-19(23)21-12-20(7,8)15(5)6/h9-11,13-15H,12H2,1-8H3,(H2,21,22,23). The number of hydrogen-bond donors (Lipinski definition) is 2. The summed E-state index contributed by atoms with van der Waals surface area (Å²) in [6.07, 6.45) is 0. The molecule has 0 bridgehead atoms. The van der Waals surface area contributed by atoms with Crippen LogP contribution in [-0.2, 0) is 0 Å². The maximum Gasteiger partial charge on any atom is 0.170 e. The molecule has 2 N–H and O–H groups in total. The molecule has 3 heteroatoms. The first kappa shape index (κ1) is 20.0. The van der Waals surface area contributed by atoms with Crippen molar-refractivity contribution >= 4 is 23.0 Å². The van der Waals surface area contributed by atoms with Gasteiger partial charge >= 0.3 is 0 Å². The molecule has 0 atom stereocenters. The van der Waals surface area contributed by atoms with E-state index in [9.17, 15) is 0 Å². The predicted molar refractivity (Wildman–Crippen MR) is 107 cm³/mol. The molecule has 0 aliphatic rings. The van der Waals surface area contributed by atoms with Gasteiger partial charge in [0.2, 0.25) is 0 Å². The Bertz CT molecular complexity index is 504. The van der Waals surface area contributed by atoms with Crippen molar-refractivity contribution in [3.63, 3.8) is 0 Å². The number of hydrogen-bond acceptors (Lipinski definition) is 1. The molecule has 0 saturated carbocycles. The smallest absolute Gasteiger partial charge is 0.170 e. The third-order valence-electron chi connectivity index (χ3n) is 4.88. The van der Waals surface area contributed by atoms with E-state index >= 15 is 0 Å². The molecule has 0 amide bonds. The fourth-order valence-electron chi connectivity index (χ4n) is 2.37. The highest BCUT2D eigenvalue weighted by Crippen LogP contribution is 2.32. The summed E-state index contributed by atoms with van der Waals surface area (Å²) in [5.41, 5.74) is 4.04. The molecule has 0 spiro atoms. The molecule has 23 heavy (non-hydrogen) atoms. The Balaban J connectivity index is 2.93. The molecule has 0 fully saturated rings. The van der Waals surface area contributed by atoms with E-state index in [1.807, 2.05) is 0 Å². The van der Waals surface area contributed by atoms with Gasteiger partial charge in [0.1, 0.15) is 0 Å². The number of para-hydroxylation sites is 1. The van der Waals surface area contributed by atoms with Gasteiger partial charge in [-0.25, -0.2) is 0 Å². The van der Waals surface area contributed by atoms with Gasteiger partial charge < -0.3 is 10.6 Å². The Kier molecular flexibility index (Phi) is 7.06. The summed E-state index contributed by atoms with van der Waals surface area (Å²) in [5, 5.41) is 7.60. The van der Waals surface area contributed by atoms with E-state index in [0.717, 1.165) is 6.54 Å². The average molecular weight is 335 g/mol. The minimum Gasteiger partial charge on any atom is -0.362 e. The quantitative estimate of drug-likeness (QED) is 0.633. The molecule has 0 heterocycles. The summed E-state index contributed by atoms with van der Waals surface area (Å²) in [6.45, 7) is 18.8. The number of anilines is 1. The highest BCUT2D eigenvalue weighted by atomic mass is 32.1. The van der Waals surface area contributed by atoms with Crippen LogP contribution in [0.4, 0.5) is 5.69 Å². The van der Waals surface area contributed by atoms with Crippen LogP contribution in [0.3, 0.4) is 0 Å². The van der Waals surface area contributed by atoms with E-state index < -0.39 is 0 Å². The summed E-state index contributed by atoms with van der Waals surface area (Å²) in [4.78, 5) is 0. The molecule has 0 aliphatic heterocycles. The minimum absolute atomic E-state index is 0.212. The van der Waals surface area contributed by atoms with E-state index in [1.165, 1.54) is 16.8 Å². The molecule has 0 unspecified atom stereocenters. The largest absolute Gasteiger partial charge is 0.362 e. The van der Waals surface area contributed by atoms with Crippen LogP contribution in [0.2, 0.25) is 0 Å². The van der Waals surface area contributed by atoms with Crippen LogP contribution in [-0.4, -0.2) is 11.7 Å². The van der Waals surface area contributed by atoms with E-state index in [4.69, 9.17) is 12.2 Å². The van der Waals surface area contributed by atoms with Crippen molar-refractivity contribution in [2.75, 3.05) is 11.9 Å². The SMILES string of the molecule is CC(C)c1cccc(C(C)C)c1NC(=S)NCC(C)(C)C(C)C. The van der Waals surface area contributed by atoms with Gasteiger partial charge in [-0.1, -0.05) is 73.6 Å². The maximum atomic E-state index is 5.56. The van der Waals surface area contributed by atoms with E-state index in [0.29, 0.717) is 22.9 Å². The lowest BCUT2D eigenvalue weighted by atomic mass is 9.81. The first-order valence-corrected chi connectivity index (χ1v) is 9.14. The van der Waals surface area contributed by atoms with Gasteiger partial charge in [0, 0.05) is 12.2 Å². The fraction of sp³-hybridized carbons (Fsp3) is 0.650. The van der Waals surface area contributed by atoms with Crippen molar-refractivity contribution in [1.82, 2.24) is 5.32 Å². The lowest BCUT2D eigenvalue weighted by Crippen LogP contribution is -2.39. The molecule has 1 aromatic rings. The van der Waals surface area contributed by atoms with Crippen molar-refractivity contribution < 1.29 is 0 Å². The Morgan fingerprint density at radius 3 is 1.87 bits per heavy atom. The van der Waals surface area contributed by atoms with Crippen LogP contribution in [0.25, 0.3) is 0 Å². The molecular formula is C20H34N2S. The molecule has 0 aromatic heterocycles. The van der Waals surface area contributed by atoms with E-state index in [1.54, 1.807) is 0 Å². The number of rotatable bonds is 6. The van der Waals surface area contributed by atoms with E-state index in [-0.39, 0.29) is 5.41 Å². The second kappa shape index (κ2) is 8.14. The van der Waals surface area contributed by atoms with Crippen molar-refractivity contribution in [2.45, 2.75) is 67.2 Å². The second-order valence-corrected chi connectivity index (χ2v) is 8.48. The molecule has 0 radical (unpaired) electrons. The molecule has 0 aliphatic carbocycles. The third kappa shape index (κ3) is 5.49. The van der Waals surface area contributed by atoms with Gasteiger partial charge in [-0.15, -0.1) is 0 Å². The highest BCUT2D eigenvalue weighted by molar-refractivity contribution is 7.80. The zero-order valence-corrected chi connectivity index (χ0v) is 16.9. The normalized spacial score (nSPS) is 12.1. The van der Waals surface area contributed by atoms with Gasteiger partial charge in [0.25, 0.3) is 0 Å². The monoisotopic (exact) mass is 334 g/mol. The Labute approximate surface area is 148 Å². The van der Waals surface area contributed by atoms with Crippen LogP contribution >= 0.6 is 12.2 Å². The molecule has 1 aromatic carbocycles. The molecule has 2 nitrogen and oxygen atoms in total. The molecular weight excluding hydrogens is 300 g/mol. The zero-order chi connectivity index (χ0) is 17.8. The highest BCUT2D eigenvalue weighted by Gasteiger charge is 2.22. The van der Waals surface area contributed by atoms with Crippen molar-refractivity contribution in [3.8, 4) is 0 Å². The van der Waals surface area contributed by atoms with Gasteiger partial charge in [0.15, 0.2) is 5.11 Å². The Morgan fingerprint density at radius 2 is 1.48 bits per heavy atom. The minimum atomic E-state index is 0.212. The first-order chi connectivity index (χ1) is 10.6.